The molecule has 0 bridgehead atoms. The molecule has 1 aromatic carbocycles. The molecule has 0 spiro atoms. The summed E-state index contributed by atoms with van der Waals surface area (Å²) in [4.78, 5) is 23.4. The predicted molar refractivity (Wildman–Crippen MR) is 84.7 cm³/mol. The van der Waals surface area contributed by atoms with Crippen LogP contribution in [0.3, 0.4) is 0 Å². The zero-order valence-electron chi connectivity index (χ0n) is 14.2. The van der Waals surface area contributed by atoms with Crippen molar-refractivity contribution in [3.05, 3.63) is 35.4 Å². The Kier molecular flexibility index (Phi) is 6.83. The number of nitrogens with one attached hydrogen (secondary N) is 1. The second-order valence-electron chi connectivity index (χ2n) is 6.51. The molecule has 7 heteroatoms. The van der Waals surface area contributed by atoms with Gasteiger partial charge in [0.1, 0.15) is 17.7 Å². The Hall–Kier alpha value is -2.02. The van der Waals surface area contributed by atoms with Gasteiger partial charge in [-0.3, -0.25) is 4.79 Å². The smallest absolute Gasteiger partial charge is 0.326 e. The van der Waals surface area contributed by atoms with Crippen molar-refractivity contribution >= 4 is 11.9 Å². The van der Waals surface area contributed by atoms with E-state index in [1.165, 1.54) is 13.0 Å². The van der Waals surface area contributed by atoms with E-state index in [-0.39, 0.29) is 18.6 Å². The Labute approximate surface area is 140 Å². The van der Waals surface area contributed by atoms with E-state index in [0.29, 0.717) is 0 Å². The van der Waals surface area contributed by atoms with Crippen LogP contribution in [0.15, 0.2) is 18.2 Å². The highest BCUT2D eigenvalue weighted by molar-refractivity contribution is 5.87. The standard InChI is InChI=1S/C17H23F2NO4/c1-10(14-11(18)6-5-7-12(14)19)15(21)20-13(16(22)23)8-9-24-17(2,3)4/h5-7,10,13H,8-9H2,1-4H3,(H,20,21)(H,22,23). The van der Waals surface area contributed by atoms with Crippen LogP contribution in [0, 0.1) is 11.6 Å². The SMILES string of the molecule is CC(C(=O)NC(CCOC(C)(C)C)C(=O)O)c1c(F)cccc1F. The molecule has 0 aromatic heterocycles. The van der Waals surface area contributed by atoms with Crippen molar-refractivity contribution in [2.24, 2.45) is 0 Å². The lowest BCUT2D eigenvalue weighted by molar-refractivity contribution is -0.143. The Morgan fingerprint density at radius 1 is 1.25 bits per heavy atom. The van der Waals surface area contributed by atoms with Crippen LogP contribution in [0.4, 0.5) is 8.78 Å². The maximum absolute atomic E-state index is 13.7. The number of aliphatic carboxylic acids is 1. The first-order valence-corrected chi connectivity index (χ1v) is 7.64. The topological polar surface area (TPSA) is 75.6 Å². The summed E-state index contributed by atoms with van der Waals surface area (Å²) in [6.45, 7) is 6.92. The van der Waals surface area contributed by atoms with Crippen LogP contribution in [-0.2, 0) is 14.3 Å². The van der Waals surface area contributed by atoms with Gasteiger partial charge < -0.3 is 15.2 Å². The molecule has 1 rings (SSSR count). The highest BCUT2D eigenvalue weighted by Gasteiger charge is 2.27. The van der Waals surface area contributed by atoms with E-state index in [4.69, 9.17) is 4.74 Å². The number of amides is 1. The van der Waals surface area contributed by atoms with Gasteiger partial charge in [0.2, 0.25) is 5.91 Å². The van der Waals surface area contributed by atoms with Crippen LogP contribution in [-0.4, -0.2) is 35.2 Å². The maximum atomic E-state index is 13.7. The molecule has 0 saturated carbocycles. The predicted octanol–water partition coefficient (Wildman–Crippen LogP) is 2.84. The lowest BCUT2D eigenvalue weighted by atomic mass is 9.98. The van der Waals surface area contributed by atoms with Crippen LogP contribution < -0.4 is 5.32 Å². The first kappa shape index (κ1) is 20.0. The summed E-state index contributed by atoms with van der Waals surface area (Å²) in [6.07, 6.45) is 0.0464. The van der Waals surface area contributed by atoms with E-state index in [9.17, 15) is 23.5 Å². The van der Waals surface area contributed by atoms with Crippen molar-refractivity contribution in [2.75, 3.05) is 6.61 Å². The normalized spacial score (nSPS) is 14.1. The molecule has 1 amide bonds. The van der Waals surface area contributed by atoms with Crippen LogP contribution in [0.5, 0.6) is 0 Å². The Morgan fingerprint density at radius 2 is 1.79 bits per heavy atom. The van der Waals surface area contributed by atoms with E-state index in [1.54, 1.807) is 0 Å². The highest BCUT2D eigenvalue weighted by Crippen LogP contribution is 2.22. The van der Waals surface area contributed by atoms with Gasteiger partial charge in [-0.15, -0.1) is 0 Å². The molecule has 2 N–H and O–H groups in total. The molecular formula is C17H23F2NO4. The van der Waals surface area contributed by atoms with E-state index >= 15 is 0 Å². The van der Waals surface area contributed by atoms with Crippen molar-refractivity contribution in [2.45, 2.75) is 51.7 Å². The summed E-state index contributed by atoms with van der Waals surface area (Å²) >= 11 is 0. The summed E-state index contributed by atoms with van der Waals surface area (Å²) in [5.74, 6) is -4.85. The Morgan fingerprint density at radius 3 is 2.25 bits per heavy atom. The number of halogens is 2. The third-order valence-electron chi connectivity index (χ3n) is 3.38. The quantitative estimate of drug-likeness (QED) is 0.798. The third-order valence-corrected chi connectivity index (χ3v) is 3.38. The largest absolute Gasteiger partial charge is 0.480 e. The average Bonchev–Trinajstić information content (AvgIpc) is 2.44. The fourth-order valence-corrected chi connectivity index (χ4v) is 2.09. The number of carbonyl (C=O) groups excluding carboxylic acids is 1. The number of carboxylic acids is 1. The summed E-state index contributed by atoms with van der Waals surface area (Å²) in [5, 5.41) is 11.5. The highest BCUT2D eigenvalue weighted by atomic mass is 19.1. The number of benzene rings is 1. The lowest BCUT2D eigenvalue weighted by Gasteiger charge is -2.22. The minimum atomic E-state index is -1.23. The van der Waals surface area contributed by atoms with Crippen molar-refractivity contribution in [1.82, 2.24) is 5.32 Å². The molecule has 0 heterocycles. The van der Waals surface area contributed by atoms with Crippen LogP contribution in [0.2, 0.25) is 0 Å². The third kappa shape index (κ3) is 5.88. The van der Waals surface area contributed by atoms with Crippen LogP contribution in [0.25, 0.3) is 0 Å². The second kappa shape index (κ2) is 8.19. The molecule has 0 aliphatic rings. The maximum Gasteiger partial charge on any atom is 0.326 e. The van der Waals surface area contributed by atoms with Crippen LogP contribution >= 0.6 is 0 Å². The van der Waals surface area contributed by atoms with Crippen molar-refractivity contribution < 1.29 is 28.2 Å². The Bertz CT molecular complexity index is 578. The number of hydrogen-bond donors (Lipinski definition) is 2. The molecule has 0 aliphatic carbocycles. The van der Waals surface area contributed by atoms with E-state index < -0.39 is 41.1 Å². The summed E-state index contributed by atoms with van der Waals surface area (Å²) in [7, 11) is 0. The van der Waals surface area contributed by atoms with Gasteiger partial charge in [0.15, 0.2) is 0 Å². The van der Waals surface area contributed by atoms with E-state index in [1.807, 2.05) is 20.8 Å². The monoisotopic (exact) mass is 343 g/mol. The molecule has 0 saturated heterocycles. The zero-order chi connectivity index (χ0) is 18.5. The molecular weight excluding hydrogens is 320 g/mol. The van der Waals surface area contributed by atoms with Gasteiger partial charge in [-0.05, 0) is 39.8 Å². The van der Waals surface area contributed by atoms with Gasteiger partial charge in [-0.2, -0.15) is 0 Å². The molecule has 2 unspecified atom stereocenters. The van der Waals surface area contributed by atoms with Gasteiger partial charge >= 0.3 is 5.97 Å². The molecule has 2 atom stereocenters. The minimum absolute atomic E-state index is 0.0464. The fourth-order valence-electron chi connectivity index (χ4n) is 2.09. The number of rotatable bonds is 7. The number of carbonyl (C=O) groups is 2. The first-order chi connectivity index (χ1) is 11.0. The van der Waals surface area contributed by atoms with Crippen LogP contribution in [0.1, 0.15) is 45.6 Å². The van der Waals surface area contributed by atoms with E-state index in [2.05, 4.69) is 5.32 Å². The number of ether oxygens (including phenoxy) is 1. The molecule has 5 nitrogen and oxygen atoms in total. The first-order valence-electron chi connectivity index (χ1n) is 7.64. The Balaban J connectivity index is 2.76. The second-order valence-corrected chi connectivity index (χ2v) is 6.51. The van der Waals surface area contributed by atoms with Crippen molar-refractivity contribution in [3.8, 4) is 0 Å². The van der Waals surface area contributed by atoms with Crippen molar-refractivity contribution in [3.63, 3.8) is 0 Å². The van der Waals surface area contributed by atoms with Gasteiger partial charge in [0, 0.05) is 18.6 Å². The lowest BCUT2D eigenvalue weighted by Crippen LogP contribution is -2.43. The summed E-state index contributed by atoms with van der Waals surface area (Å²) in [6, 6.07) is 2.10. The molecule has 0 fully saturated rings. The van der Waals surface area contributed by atoms with E-state index in [0.717, 1.165) is 12.1 Å². The summed E-state index contributed by atoms with van der Waals surface area (Å²) < 4.78 is 32.9. The minimum Gasteiger partial charge on any atom is -0.480 e. The molecule has 24 heavy (non-hydrogen) atoms. The van der Waals surface area contributed by atoms with Gasteiger partial charge in [0.05, 0.1) is 11.5 Å². The number of hydrogen-bond acceptors (Lipinski definition) is 3. The molecule has 1 aromatic rings. The molecule has 0 radical (unpaired) electrons. The van der Waals surface area contributed by atoms with Gasteiger partial charge in [-0.25, -0.2) is 13.6 Å². The fraction of sp³-hybridized carbons (Fsp3) is 0.529. The zero-order valence-corrected chi connectivity index (χ0v) is 14.2. The molecule has 0 aliphatic heterocycles. The summed E-state index contributed by atoms with van der Waals surface area (Å²) in [5.41, 5.74) is -0.818. The molecule has 134 valence electrons. The van der Waals surface area contributed by atoms with Gasteiger partial charge in [-0.1, -0.05) is 6.07 Å². The van der Waals surface area contributed by atoms with Gasteiger partial charge in [0.25, 0.3) is 0 Å². The van der Waals surface area contributed by atoms with Crippen molar-refractivity contribution in [1.29, 1.82) is 0 Å². The number of carboxylic acid groups (broad SMARTS) is 1. The average molecular weight is 343 g/mol.